The molecule has 8 nitrogen and oxygen atoms in total. The summed E-state index contributed by atoms with van der Waals surface area (Å²) in [7, 11) is 5.78. The SMILES string of the molecule is [B]C1CC1c1ccc(OC2CN(CC(C)(N)C(=O)O)C2)c(C(=O)O)c1O. The van der Waals surface area contributed by atoms with Crippen molar-refractivity contribution < 1.29 is 29.6 Å². The van der Waals surface area contributed by atoms with E-state index in [1.165, 1.54) is 13.0 Å². The fourth-order valence-corrected chi connectivity index (χ4v) is 3.20. The molecule has 0 amide bonds. The number of benzene rings is 1. The number of nitrogens with zero attached hydrogens (tertiary/aromatic N) is 1. The van der Waals surface area contributed by atoms with Gasteiger partial charge in [-0.3, -0.25) is 9.69 Å². The van der Waals surface area contributed by atoms with Gasteiger partial charge in [0.1, 0.15) is 28.7 Å². The summed E-state index contributed by atoms with van der Waals surface area (Å²) in [6.45, 7) is 2.45. The lowest BCUT2D eigenvalue weighted by molar-refractivity contribution is -0.144. The highest BCUT2D eigenvalue weighted by Crippen LogP contribution is 2.54. The lowest BCUT2D eigenvalue weighted by Gasteiger charge is -2.41. The van der Waals surface area contributed by atoms with Crippen molar-refractivity contribution in [1.29, 1.82) is 0 Å². The van der Waals surface area contributed by atoms with E-state index >= 15 is 0 Å². The molecule has 1 saturated heterocycles. The van der Waals surface area contributed by atoms with Gasteiger partial charge in [-0.05, 0) is 24.5 Å². The van der Waals surface area contributed by atoms with Crippen molar-refractivity contribution in [2.24, 2.45) is 5.73 Å². The average molecular weight is 360 g/mol. The lowest BCUT2D eigenvalue weighted by Crippen LogP contribution is -2.62. The molecular weight excluding hydrogens is 339 g/mol. The van der Waals surface area contributed by atoms with E-state index in [2.05, 4.69) is 0 Å². The monoisotopic (exact) mass is 360 g/mol. The number of hydrogen-bond acceptors (Lipinski definition) is 6. The number of aromatic carboxylic acids is 1. The summed E-state index contributed by atoms with van der Waals surface area (Å²) in [5.41, 5.74) is 4.61. The van der Waals surface area contributed by atoms with E-state index < -0.39 is 17.5 Å². The van der Waals surface area contributed by atoms with Gasteiger partial charge in [-0.25, -0.2) is 4.79 Å². The van der Waals surface area contributed by atoms with Crippen molar-refractivity contribution in [1.82, 2.24) is 4.90 Å². The predicted octanol–water partition coefficient (Wildman–Crippen LogP) is 0.400. The van der Waals surface area contributed by atoms with Gasteiger partial charge in [-0.15, -0.1) is 0 Å². The molecule has 26 heavy (non-hydrogen) atoms. The van der Waals surface area contributed by atoms with Crippen molar-refractivity contribution in [3.8, 4) is 11.5 Å². The molecule has 0 aromatic heterocycles. The Labute approximate surface area is 152 Å². The van der Waals surface area contributed by atoms with Crippen LogP contribution < -0.4 is 10.5 Å². The summed E-state index contributed by atoms with van der Waals surface area (Å²) in [4.78, 5) is 24.4. The van der Waals surface area contributed by atoms with Gasteiger partial charge in [-0.1, -0.05) is 18.3 Å². The third-order valence-electron chi connectivity index (χ3n) is 4.88. The van der Waals surface area contributed by atoms with Crippen LogP contribution in [0.5, 0.6) is 11.5 Å². The molecule has 9 heteroatoms. The molecule has 1 aliphatic heterocycles. The molecule has 2 aliphatic rings. The molecule has 2 fully saturated rings. The molecule has 0 spiro atoms. The highest BCUT2D eigenvalue weighted by molar-refractivity contribution is 6.14. The second-order valence-corrected chi connectivity index (χ2v) is 7.34. The number of carboxylic acids is 2. The second kappa shape index (κ2) is 6.48. The van der Waals surface area contributed by atoms with Crippen molar-refractivity contribution in [3.05, 3.63) is 23.3 Å². The maximum absolute atomic E-state index is 11.6. The first-order valence-electron chi connectivity index (χ1n) is 8.36. The van der Waals surface area contributed by atoms with Crippen LogP contribution in [0.2, 0.25) is 5.82 Å². The quantitative estimate of drug-likeness (QED) is 0.514. The number of aromatic hydroxyl groups is 1. The number of rotatable bonds is 7. The number of phenols is 1. The van der Waals surface area contributed by atoms with Gasteiger partial charge in [0.15, 0.2) is 0 Å². The first kappa shape index (κ1) is 18.5. The topological polar surface area (TPSA) is 133 Å². The highest BCUT2D eigenvalue weighted by Gasteiger charge is 2.39. The molecule has 1 aromatic rings. The van der Waals surface area contributed by atoms with E-state index in [-0.39, 0.29) is 41.4 Å². The molecule has 3 atom stereocenters. The molecule has 2 radical (unpaired) electrons. The zero-order valence-electron chi connectivity index (χ0n) is 14.4. The van der Waals surface area contributed by atoms with Gasteiger partial charge in [0.05, 0.1) is 7.85 Å². The molecule has 5 N–H and O–H groups in total. The van der Waals surface area contributed by atoms with E-state index in [0.717, 1.165) is 0 Å². The Morgan fingerprint density at radius 1 is 1.38 bits per heavy atom. The Hall–Kier alpha value is -2.26. The summed E-state index contributed by atoms with van der Waals surface area (Å²) >= 11 is 0. The van der Waals surface area contributed by atoms with Crippen molar-refractivity contribution in [3.63, 3.8) is 0 Å². The van der Waals surface area contributed by atoms with Crippen LogP contribution in [-0.4, -0.2) is 71.3 Å². The third kappa shape index (κ3) is 3.49. The van der Waals surface area contributed by atoms with Crippen LogP contribution in [0, 0.1) is 0 Å². The maximum atomic E-state index is 11.6. The minimum atomic E-state index is -1.36. The van der Waals surface area contributed by atoms with Gasteiger partial charge in [-0.2, -0.15) is 0 Å². The van der Waals surface area contributed by atoms with E-state index in [1.807, 2.05) is 4.90 Å². The Kier molecular flexibility index (Phi) is 4.62. The number of ether oxygens (including phenoxy) is 1. The van der Waals surface area contributed by atoms with Gasteiger partial charge in [0, 0.05) is 19.6 Å². The Morgan fingerprint density at radius 3 is 2.50 bits per heavy atom. The van der Waals surface area contributed by atoms with Crippen molar-refractivity contribution in [2.75, 3.05) is 19.6 Å². The zero-order valence-corrected chi connectivity index (χ0v) is 14.4. The van der Waals surface area contributed by atoms with Gasteiger partial charge < -0.3 is 25.8 Å². The summed E-state index contributed by atoms with van der Waals surface area (Å²) in [6.07, 6.45) is 0.414. The van der Waals surface area contributed by atoms with Crippen LogP contribution in [0.3, 0.4) is 0 Å². The lowest BCUT2D eigenvalue weighted by atomic mass is 9.95. The summed E-state index contributed by atoms with van der Waals surface area (Å²) < 4.78 is 5.71. The van der Waals surface area contributed by atoms with E-state index in [4.69, 9.17) is 23.4 Å². The third-order valence-corrected chi connectivity index (χ3v) is 4.88. The molecule has 0 bridgehead atoms. The second-order valence-electron chi connectivity index (χ2n) is 7.34. The Morgan fingerprint density at radius 2 is 2.00 bits per heavy atom. The zero-order chi connectivity index (χ0) is 19.2. The number of hydrogen-bond donors (Lipinski definition) is 4. The Balaban J connectivity index is 1.67. The van der Waals surface area contributed by atoms with Gasteiger partial charge >= 0.3 is 11.9 Å². The van der Waals surface area contributed by atoms with E-state index in [0.29, 0.717) is 25.1 Å². The first-order chi connectivity index (χ1) is 12.1. The minimum Gasteiger partial charge on any atom is -0.507 e. The molecule has 1 aliphatic carbocycles. The molecule has 3 unspecified atom stereocenters. The average Bonchev–Trinajstić information content (AvgIpc) is 3.21. The van der Waals surface area contributed by atoms with Crippen LogP contribution in [0.15, 0.2) is 12.1 Å². The molecule has 1 heterocycles. The van der Waals surface area contributed by atoms with E-state index in [1.54, 1.807) is 6.07 Å². The predicted molar refractivity (Wildman–Crippen MR) is 93.0 cm³/mol. The van der Waals surface area contributed by atoms with Crippen LogP contribution in [-0.2, 0) is 4.79 Å². The number of carbonyl (C=O) groups is 2. The number of carboxylic acid groups (broad SMARTS) is 2. The Bertz CT molecular complexity index is 747. The van der Waals surface area contributed by atoms with Crippen LogP contribution in [0.25, 0.3) is 0 Å². The minimum absolute atomic E-state index is 0.0282. The molecule has 1 saturated carbocycles. The van der Waals surface area contributed by atoms with Crippen LogP contribution in [0.1, 0.15) is 35.2 Å². The normalized spacial score (nSPS) is 25.2. The standard InChI is InChI=1S/C17H21BN2O6/c1-17(19,16(24)25)7-20-5-8(6-20)26-12-3-2-9(10-4-11(10)18)14(21)13(12)15(22)23/h2-3,8,10-11,21H,4-7,19H2,1H3,(H,22,23)(H,24,25). The summed E-state index contributed by atoms with van der Waals surface area (Å²) in [5, 5.41) is 28.8. The number of likely N-dealkylation sites (tertiary alicyclic amines) is 1. The molecule has 3 rings (SSSR count). The molecular formula is C17H21BN2O6. The molecule has 138 valence electrons. The fraction of sp³-hybridized carbons (Fsp3) is 0.529. The fourth-order valence-electron chi connectivity index (χ4n) is 3.20. The van der Waals surface area contributed by atoms with Gasteiger partial charge in [0.2, 0.25) is 0 Å². The van der Waals surface area contributed by atoms with Crippen LogP contribution >= 0.6 is 0 Å². The molecule has 1 aromatic carbocycles. The van der Waals surface area contributed by atoms with Crippen molar-refractivity contribution >= 4 is 19.8 Å². The highest BCUT2D eigenvalue weighted by atomic mass is 16.5. The summed E-state index contributed by atoms with van der Waals surface area (Å²) in [6, 6.07) is 3.18. The number of aliphatic carboxylic acids is 1. The number of nitrogens with two attached hydrogens (primary N) is 1. The first-order valence-corrected chi connectivity index (χ1v) is 8.36. The van der Waals surface area contributed by atoms with Crippen LogP contribution in [0.4, 0.5) is 0 Å². The maximum Gasteiger partial charge on any atom is 0.343 e. The van der Waals surface area contributed by atoms with E-state index in [9.17, 15) is 19.8 Å². The van der Waals surface area contributed by atoms with Gasteiger partial charge in [0.25, 0.3) is 0 Å². The smallest absolute Gasteiger partial charge is 0.343 e. The largest absolute Gasteiger partial charge is 0.507 e. The summed E-state index contributed by atoms with van der Waals surface area (Å²) in [5.74, 6) is -2.66. The van der Waals surface area contributed by atoms with Crippen molar-refractivity contribution in [2.45, 2.75) is 36.7 Å².